The smallest absolute Gasteiger partial charge is 0.0996 e. The summed E-state index contributed by atoms with van der Waals surface area (Å²) in [6, 6.07) is 21.5. The first-order chi connectivity index (χ1) is 12.2. The van der Waals surface area contributed by atoms with Gasteiger partial charge in [-0.3, -0.25) is 4.90 Å². The Bertz CT molecular complexity index is 682. The standard InChI is InChI=1S/C21H26N4/c1-17(2)13-21(20-14-22-24-23-20)25(15-18-9-5-3-6-10-18)16-19-11-7-4-8-12-19/h3-12,14,17,21H,13,15-16H2,1-2H3,(H,22,23,24)/t21-/m0/s1. The molecule has 4 heteroatoms. The van der Waals surface area contributed by atoms with Crippen LogP contribution in [0.3, 0.4) is 0 Å². The van der Waals surface area contributed by atoms with E-state index in [2.05, 4.69) is 94.8 Å². The fourth-order valence-corrected chi connectivity index (χ4v) is 3.19. The van der Waals surface area contributed by atoms with Gasteiger partial charge in [-0.25, -0.2) is 0 Å². The van der Waals surface area contributed by atoms with Gasteiger partial charge in [-0.15, -0.1) is 0 Å². The molecule has 0 aliphatic rings. The first-order valence-electron chi connectivity index (χ1n) is 8.90. The maximum absolute atomic E-state index is 4.40. The van der Waals surface area contributed by atoms with E-state index in [1.807, 2.05) is 6.20 Å². The summed E-state index contributed by atoms with van der Waals surface area (Å²) in [5.41, 5.74) is 3.65. The van der Waals surface area contributed by atoms with E-state index in [9.17, 15) is 0 Å². The molecule has 25 heavy (non-hydrogen) atoms. The molecular weight excluding hydrogens is 308 g/mol. The lowest BCUT2D eigenvalue weighted by atomic mass is 9.98. The zero-order valence-electron chi connectivity index (χ0n) is 15.0. The van der Waals surface area contributed by atoms with Gasteiger partial charge in [-0.05, 0) is 23.5 Å². The molecule has 1 N–H and O–H groups in total. The summed E-state index contributed by atoms with van der Waals surface area (Å²) in [6.07, 6.45) is 2.90. The first kappa shape index (κ1) is 17.4. The van der Waals surface area contributed by atoms with Gasteiger partial charge < -0.3 is 0 Å². The molecule has 0 spiro atoms. The molecule has 0 amide bonds. The molecule has 3 aromatic rings. The van der Waals surface area contributed by atoms with Crippen molar-refractivity contribution < 1.29 is 0 Å². The van der Waals surface area contributed by atoms with Gasteiger partial charge in [0.15, 0.2) is 0 Å². The molecule has 3 rings (SSSR count). The Morgan fingerprint density at radius 2 is 1.44 bits per heavy atom. The molecule has 0 aliphatic carbocycles. The Hall–Kier alpha value is -2.46. The quantitative estimate of drug-likeness (QED) is 0.655. The predicted molar refractivity (Wildman–Crippen MR) is 101 cm³/mol. The molecule has 0 saturated carbocycles. The van der Waals surface area contributed by atoms with E-state index in [0.717, 1.165) is 25.2 Å². The molecule has 0 bridgehead atoms. The van der Waals surface area contributed by atoms with Crippen LogP contribution in [0.5, 0.6) is 0 Å². The van der Waals surface area contributed by atoms with Crippen LogP contribution in [0.4, 0.5) is 0 Å². The van der Waals surface area contributed by atoms with Crippen LogP contribution in [-0.2, 0) is 13.1 Å². The number of H-pyrrole nitrogens is 1. The molecule has 1 atom stereocenters. The van der Waals surface area contributed by atoms with Crippen LogP contribution in [0.15, 0.2) is 66.9 Å². The Morgan fingerprint density at radius 3 is 1.88 bits per heavy atom. The summed E-state index contributed by atoms with van der Waals surface area (Å²) in [5.74, 6) is 0.579. The lowest BCUT2D eigenvalue weighted by Gasteiger charge is -2.32. The summed E-state index contributed by atoms with van der Waals surface area (Å²) in [5, 5.41) is 11.2. The number of aromatic nitrogens is 3. The third-order valence-corrected chi connectivity index (χ3v) is 4.37. The topological polar surface area (TPSA) is 44.8 Å². The van der Waals surface area contributed by atoms with Crippen molar-refractivity contribution in [1.82, 2.24) is 20.3 Å². The van der Waals surface area contributed by atoms with Gasteiger partial charge in [0.05, 0.1) is 17.9 Å². The molecule has 1 heterocycles. The van der Waals surface area contributed by atoms with E-state index < -0.39 is 0 Å². The Labute approximate surface area is 149 Å². The highest BCUT2D eigenvalue weighted by Gasteiger charge is 2.24. The summed E-state index contributed by atoms with van der Waals surface area (Å²) < 4.78 is 0. The molecule has 0 radical (unpaired) electrons. The summed E-state index contributed by atoms with van der Waals surface area (Å²) in [7, 11) is 0. The number of rotatable bonds is 8. The Morgan fingerprint density at radius 1 is 0.880 bits per heavy atom. The van der Waals surface area contributed by atoms with E-state index in [0.29, 0.717) is 5.92 Å². The molecule has 0 unspecified atom stereocenters. The maximum atomic E-state index is 4.40. The predicted octanol–water partition coefficient (Wildman–Crippen LogP) is 4.59. The average molecular weight is 334 g/mol. The van der Waals surface area contributed by atoms with Crippen molar-refractivity contribution in [3.05, 3.63) is 83.7 Å². The highest BCUT2D eigenvalue weighted by Crippen LogP contribution is 2.29. The number of nitrogens with zero attached hydrogens (tertiary/aromatic N) is 3. The lowest BCUT2D eigenvalue weighted by Crippen LogP contribution is -2.29. The van der Waals surface area contributed by atoms with Gasteiger partial charge in [-0.1, -0.05) is 74.5 Å². The lowest BCUT2D eigenvalue weighted by molar-refractivity contribution is 0.153. The maximum Gasteiger partial charge on any atom is 0.0996 e. The summed E-state index contributed by atoms with van der Waals surface area (Å²) >= 11 is 0. The average Bonchev–Trinajstić information content (AvgIpc) is 3.15. The van der Waals surface area contributed by atoms with Crippen molar-refractivity contribution >= 4 is 0 Å². The largest absolute Gasteiger partial charge is 0.286 e. The van der Waals surface area contributed by atoms with Crippen LogP contribution in [0.25, 0.3) is 0 Å². The zero-order valence-corrected chi connectivity index (χ0v) is 15.0. The second-order valence-electron chi connectivity index (χ2n) is 6.92. The van der Waals surface area contributed by atoms with Gasteiger partial charge in [0.25, 0.3) is 0 Å². The number of aromatic amines is 1. The van der Waals surface area contributed by atoms with Crippen LogP contribution in [0.1, 0.15) is 43.1 Å². The zero-order chi connectivity index (χ0) is 17.5. The van der Waals surface area contributed by atoms with Crippen LogP contribution < -0.4 is 0 Å². The van der Waals surface area contributed by atoms with E-state index >= 15 is 0 Å². The van der Waals surface area contributed by atoms with Gasteiger partial charge >= 0.3 is 0 Å². The Balaban J connectivity index is 1.89. The summed E-state index contributed by atoms with van der Waals surface area (Å²) in [4.78, 5) is 2.50. The number of benzene rings is 2. The highest BCUT2D eigenvalue weighted by molar-refractivity contribution is 5.18. The number of hydrogen-bond donors (Lipinski definition) is 1. The van der Waals surface area contributed by atoms with Crippen LogP contribution in [0, 0.1) is 5.92 Å². The van der Waals surface area contributed by atoms with Crippen molar-refractivity contribution in [3.63, 3.8) is 0 Å². The molecule has 130 valence electrons. The van der Waals surface area contributed by atoms with Crippen molar-refractivity contribution in [1.29, 1.82) is 0 Å². The van der Waals surface area contributed by atoms with E-state index in [4.69, 9.17) is 0 Å². The minimum absolute atomic E-state index is 0.235. The molecule has 4 nitrogen and oxygen atoms in total. The SMILES string of the molecule is CC(C)C[C@@H](c1cn[nH]n1)N(Cc1ccccc1)Cc1ccccc1. The van der Waals surface area contributed by atoms with E-state index in [1.54, 1.807) is 0 Å². The minimum atomic E-state index is 0.235. The van der Waals surface area contributed by atoms with E-state index in [-0.39, 0.29) is 6.04 Å². The normalized spacial score (nSPS) is 12.6. The second-order valence-corrected chi connectivity index (χ2v) is 6.92. The first-order valence-corrected chi connectivity index (χ1v) is 8.90. The van der Waals surface area contributed by atoms with Gasteiger partial charge in [0.1, 0.15) is 0 Å². The van der Waals surface area contributed by atoms with Crippen molar-refractivity contribution in [2.24, 2.45) is 5.92 Å². The fourth-order valence-electron chi connectivity index (χ4n) is 3.19. The van der Waals surface area contributed by atoms with Gasteiger partial charge in [-0.2, -0.15) is 15.4 Å². The van der Waals surface area contributed by atoms with Crippen molar-refractivity contribution in [2.45, 2.75) is 39.4 Å². The second kappa shape index (κ2) is 8.58. The van der Waals surface area contributed by atoms with Crippen LogP contribution in [0.2, 0.25) is 0 Å². The fraction of sp³-hybridized carbons (Fsp3) is 0.333. The summed E-state index contributed by atoms with van der Waals surface area (Å²) in [6.45, 7) is 6.30. The van der Waals surface area contributed by atoms with Crippen molar-refractivity contribution in [3.8, 4) is 0 Å². The monoisotopic (exact) mass is 334 g/mol. The molecule has 0 saturated heterocycles. The molecule has 0 aliphatic heterocycles. The number of hydrogen-bond acceptors (Lipinski definition) is 3. The third kappa shape index (κ3) is 5.00. The minimum Gasteiger partial charge on any atom is -0.286 e. The molecule has 2 aromatic carbocycles. The molecule has 0 fully saturated rings. The van der Waals surface area contributed by atoms with E-state index in [1.165, 1.54) is 11.1 Å². The Kier molecular flexibility index (Phi) is 5.96. The van der Waals surface area contributed by atoms with Crippen LogP contribution >= 0.6 is 0 Å². The number of nitrogens with one attached hydrogen (secondary N) is 1. The molecular formula is C21H26N4. The highest BCUT2D eigenvalue weighted by atomic mass is 15.3. The third-order valence-electron chi connectivity index (χ3n) is 4.37. The van der Waals surface area contributed by atoms with Gasteiger partial charge in [0.2, 0.25) is 0 Å². The van der Waals surface area contributed by atoms with Crippen molar-refractivity contribution in [2.75, 3.05) is 0 Å². The van der Waals surface area contributed by atoms with Crippen LogP contribution in [-0.4, -0.2) is 20.3 Å². The van der Waals surface area contributed by atoms with Gasteiger partial charge in [0, 0.05) is 13.1 Å². The molecule has 1 aromatic heterocycles.